The second kappa shape index (κ2) is 22.2. The van der Waals surface area contributed by atoms with Crippen LogP contribution in [0.2, 0.25) is 0 Å². The van der Waals surface area contributed by atoms with Crippen molar-refractivity contribution in [3.8, 4) is 0 Å². The maximum absolute atomic E-state index is 10.6. The Hall–Kier alpha value is -0.380. The second-order valence-corrected chi connectivity index (χ2v) is 13.5. The van der Waals surface area contributed by atoms with Gasteiger partial charge >= 0.3 is 0 Å². The van der Waals surface area contributed by atoms with Crippen molar-refractivity contribution in [2.24, 2.45) is 23.7 Å². The molecule has 39 heavy (non-hydrogen) atoms. The Labute approximate surface area is 246 Å². The monoisotopic (exact) mass is 553 g/mol. The molecule has 0 amide bonds. The summed E-state index contributed by atoms with van der Waals surface area (Å²) in [6.07, 6.45) is 23.7. The molecule has 3 heteroatoms. The summed E-state index contributed by atoms with van der Waals surface area (Å²) in [6.45, 7) is 16.6. The van der Waals surface area contributed by atoms with E-state index in [9.17, 15) is 10.2 Å². The molecule has 234 valence electrons. The molecule has 0 aromatic carbocycles. The van der Waals surface area contributed by atoms with E-state index in [0.717, 1.165) is 51.0 Å². The largest absolute Gasteiger partial charge is 0.390 e. The minimum Gasteiger partial charge on any atom is -0.390 e. The van der Waals surface area contributed by atoms with Gasteiger partial charge in [0.2, 0.25) is 0 Å². The fraction of sp³-hybridized carbons (Fsp3) is 0.944. The van der Waals surface area contributed by atoms with E-state index in [4.69, 9.17) is 4.74 Å². The predicted molar refractivity (Wildman–Crippen MR) is 172 cm³/mol. The summed E-state index contributed by atoms with van der Waals surface area (Å²) in [5.74, 6) is 2.07. The zero-order chi connectivity index (χ0) is 28.4. The molecule has 1 aliphatic rings. The molecule has 3 nitrogen and oxygen atoms in total. The van der Waals surface area contributed by atoms with E-state index >= 15 is 0 Å². The quantitative estimate of drug-likeness (QED) is 0.0979. The van der Waals surface area contributed by atoms with Crippen molar-refractivity contribution in [3.05, 3.63) is 11.6 Å². The lowest BCUT2D eigenvalue weighted by atomic mass is 9.76. The molecule has 0 aromatic heterocycles. The molecule has 2 N–H and O–H groups in total. The van der Waals surface area contributed by atoms with Gasteiger partial charge in [-0.1, -0.05) is 139 Å². The average Bonchev–Trinajstić information content (AvgIpc) is 2.86. The minimum absolute atomic E-state index is 0. The highest BCUT2D eigenvalue weighted by molar-refractivity contribution is 5.18. The first-order chi connectivity index (χ1) is 18.1. The number of hydrogen-bond donors (Lipinski definition) is 2. The molecule has 0 spiro atoms. The van der Waals surface area contributed by atoms with Gasteiger partial charge in [0.05, 0.1) is 17.8 Å². The fourth-order valence-corrected chi connectivity index (χ4v) is 6.20. The Balaban J connectivity index is 0.0000144. The maximum atomic E-state index is 10.6. The minimum atomic E-state index is -0.476. The molecule has 0 heterocycles. The van der Waals surface area contributed by atoms with Crippen LogP contribution in [0.4, 0.5) is 0 Å². The van der Waals surface area contributed by atoms with Crippen LogP contribution in [-0.4, -0.2) is 34.6 Å². The third-order valence-electron chi connectivity index (χ3n) is 9.44. The second-order valence-electron chi connectivity index (χ2n) is 13.5. The molecule has 0 saturated heterocycles. The first-order valence-electron chi connectivity index (χ1n) is 16.8. The smallest absolute Gasteiger partial charge is 0.0815 e. The van der Waals surface area contributed by atoms with Crippen LogP contribution in [0.1, 0.15) is 171 Å². The summed E-state index contributed by atoms with van der Waals surface area (Å²) >= 11 is 0. The number of rotatable bonds is 23. The van der Waals surface area contributed by atoms with Crippen molar-refractivity contribution in [1.82, 2.24) is 0 Å². The van der Waals surface area contributed by atoms with E-state index in [1.165, 1.54) is 82.6 Å². The Morgan fingerprint density at radius 1 is 0.769 bits per heavy atom. The fourth-order valence-electron chi connectivity index (χ4n) is 6.20. The molecule has 0 bridgehead atoms. The highest BCUT2D eigenvalue weighted by Gasteiger charge is 2.34. The molecule has 0 fully saturated rings. The zero-order valence-corrected chi connectivity index (χ0v) is 26.8. The Kier molecular flexibility index (Phi) is 22.0. The summed E-state index contributed by atoms with van der Waals surface area (Å²) in [6, 6.07) is 0. The SMILES string of the molecule is C.CCCCCCCCOC1C(CCC(C)CCCC(C)CCCC(C)(O)CCCCC)=CC(O)C(C)C1C. The van der Waals surface area contributed by atoms with Crippen LogP contribution in [0.25, 0.3) is 0 Å². The van der Waals surface area contributed by atoms with Crippen LogP contribution in [0.3, 0.4) is 0 Å². The molecule has 1 aliphatic carbocycles. The molecule has 7 unspecified atom stereocenters. The van der Waals surface area contributed by atoms with Crippen LogP contribution >= 0.6 is 0 Å². The van der Waals surface area contributed by atoms with E-state index < -0.39 is 5.60 Å². The molecule has 0 radical (unpaired) electrons. The van der Waals surface area contributed by atoms with Crippen molar-refractivity contribution < 1.29 is 14.9 Å². The van der Waals surface area contributed by atoms with Gasteiger partial charge < -0.3 is 14.9 Å². The molecule has 0 aliphatic heterocycles. The molecule has 7 atom stereocenters. The van der Waals surface area contributed by atoms with Crippen LogP contribution < -0.4 is 0 Å². The van der Waals surface area contributed by atoms with Crippen LogP contribution in [0, 0.1) is 23.7 Å². The zero-order valence-electron chi connectivity index (χ0n) is 26.8. The van der Waals surface area contributed by atoms with Gasteiger partial charge in [0.15, 0.2) is 0 Å². The van der Waals surface area contributed by atoms with Crippen LogP contribution in [-0.2, 0) is 4.74 Å². The Morgan fingerprint density at radius 2 is 1.31 bits per heavy atom. The number of ether oxygens (including phenoxy) is 1. The Morgan fingerprint density at radius 3 is 1.97 bits per heavy atom. The highest BCUT2D eigenvalue weighted by atomic mass is 16.5. The number of aliphatic hydroxyl groups is 2. The van der Waals surface area contributed by atoms with Gasteiger partial charge in [0.25, 0.3) is 0 Å². The van der Waals surface area contributed by atoms with Crippen molar-refractivity contribution in [3.63, 3.8) is 0 Å². The van der Waals surface area contributed by atoms with Gasteiger partial charge in [-0.25, -0.2) is 0 Å². The first-order valence-corrected chi connectivity index (χ1v) is 16.8. The highest BCUT2D eigenvalue weighted by Crippen LogP contribution is 2.35. The van der Waals surface area contributed by atoms with Crippen LogP contribution in [0.15, 0.2) is 11.6 Å². The third-order valence-corrected chi connectivity index (χ3v) is 9.44. The average molecular weight is 553 g/mol. The summed E-state index contributed by atoms with van der Waals surface area (Å²) in [5, 5.41) is 21.2. The summed E-state index contributed by atoms with van der Waals surface area (Å²) in [4.78, 5) is 0. The standard InChI is InChI=1S/C35H68O3.CH4/c1-8-10-12-13-14-16-26-38-34-31(6)30(5)33(36)27-32(34)23-22-29(4)20-17-19-28(3)21-18-25-35(7,37)24-15-11-9-2;/h27-31,33-34,36-37H,8-26H2,1-7H3;1H4. The number of hydrogen-bond acceptors (Lipinski definition) is 3. The lowest BCUT2D eigenvalue weighted by Crippen LogP contribution is -2.39. The van der Waals surface area contributed by atoms with Gasteiger partial charge in [-0.2, -0.15) is 0 Å². The molecule has 1 rings (SSSR count). The third kappa shape index (κ3) is 17.2. The number of aliphatic hydroxyl groups excluding tert-OH is 1. The van der Waals surface area contributed by atoms with Gasteiger partial charge in [-0.05, 0) is 68.3 Å². The summed E-state index contributed by atoms with van der Waals surface area (Å²) < 4.78 is 6.47. The van der Waals surface area contributed by atoms with E-state index in [1.54, 1.807) is 0 Å². The van der Waals surface area contributed by atoms with Crippen molar-refractivity contribution >= 4 is 0 Å². The van der Waals surface area contributed by atoms with Gasteiger partial charge in [0, 0.05) is 6.61 Å². The van der Waals surface area contributed by atoms with Gasteiger partial charge in [-0.15, -0.1) is 0 Å². The molecule has 0 saturated carbocycles. The molecule has 0 aromatic rings. The number of unbranched alkanes of at least 4 members (excludes halogenated alkanes) is 7. The predicted octanol–water partition coefficient (Wildman–Crippen LogP) is 10.7. The topological polar surface area (TPSA) is 49.7 Å². The molecular weight excluding hydrogens is 480 g/mol. The van der Waals surface area contributed by atoms with Crippen molar-refractivity contribution in [2.75, 3.05) is 6.61 Å². The lowest BCUT2D eigenvalue weighted by molar-refractivity contribution is -0.0127. The first kappa shape index (κ1) is 38.6. The van der Waals surface area contributed by atoms with Crippen LogP contribution in [0.5, 0.6) is 0 Å². The van der Waals surface area contributed by atoms with E-state index in [2.05, 4.69) is 47.6 Å². The van der Waals surface area contributed by atoms with Crippen molar-refractivity contribution in [1.29, 1.82) is 0 Å². The molecular formula is C36H72O3. The van der Waals surface area contributed by atoms with E-state index in [0.29, 0.717) is 11.8 Å². The van der Waals surface area contributed by atoms with Gasteiger partial charge in [-0.3, -0.25) is 0 Å². The lowest BCUT2D eigenvalue weighted by Gasteiger charge is -2.38. The Bertz CT molecular complexity index is 598. The summed E-state index contributed by atoms with van der Waals surface area (Å²) in [7, 11) is 0. The normalized spacial score (nSPS) is 24.5. The van der Waals surface area contributed by atoms with Gasteiger partial charge in [0.1, 0.15) is 0 Å². The van der Waals surface area contributed by atoms with E-state index in [1.807, 2.05) is 6.92 Å². The maximum Gasteiger partial charge on any atom is 0.0815 e. The summed E-state index contributed by atoms with van der Waals surface area (Å²) in [5.41, 5.74) is 0.872. The van der Waals surface area contributed by atoms with E-state index in [-0.39, 0.29) is 25.6 Å². The van der Waals surface area contributed by atoms with Crippen molar-refractivity contribution in [2.45, 2.75) is 189 Å².